The molecule has 0 unspecified atom stereocenters. The van der Waals surface area contributed by atoms with Gasteiger partial charge in [-0.25, -0.2) is 0 Å². The molecule has 0 N–H and O–H groups in total. The molecule has 76 valence electrons. The Labute approximate surface area is 82.9 Å². The van der Waals surface area contributed by atoms with Crippen LogP contribution in [0.15, 0.2) is 30.6 Å². The fourth-order valence-corrected chi connectivity index (χ4v) is 1.41. The van der Waals surface area contributed by atoms with E-state index in [-0.39, 0.29) is 5.52 Å². The molecule has 7 heteroatoms. The summed E-state index contributed by atoms with van der Waals surface area (Å²) in [5.41, 5.74) is -0.749. The highest BCUT2D eigenvalue weighted by Gasteiger charge is 2.29. The Bertz CT molecular complexity index is 560. The van der Waals surface area contributed by atoms with E-state index in [1.807, 2.05) is 0 Å². The second kappa shape index (κ2) is 3.05. The maximum absolute atomic E-state index is 10.7. The van der Waals surface area contributed by atoms with E-state index >= 15 is 0 Å². The van der Waals surface area contributed by atoms with Crippen molar-refractivity contribution in [1.29, 1.82) is 0 Å². The van der Waals surface area contributed by atoms with Crippen LogP contribution in [0.1, 0.15) is 0 Å². The smallest absolute Gasteiger partial charge is 0.311 e. The highest BCUT2D eigenvalue weighted by atomic mass is 16.6. The molecule has 0 saturated heterocycles. The van der Waals surface area contributed by atoms with E-state index in [2.05, 4.69) is 0 Å². The SMILES string of the molecule is O=[N+]([O-])c1cn2ccccc2c1[N+](=O)[O-]. The van der Waals surface area contributed by atoms with Crippen molar-refractivity contribution in [2.24, 2.45) is 0 Å². The molecule has 0 fully saturated rings. The zero-order valence-corrected chi connectivity index (χ0v) is 7.36. The fraction of sp³-hybridized carbons (Fsp3) is 0. The van der Waals surface area contributed by atoms with Gasteiger partial charge in [-0.1, -0.05) is 6.07 Å². The van der Waals surface area contributed by atoms with Crippen LogP contribution in [-0.4, -0.2) is 14.2 Å². The minimum atomic E-state index is -0.759. The van der Waals surface area contributed by atoms with Crippen molar-refractivity contribution in [3.05, 3.63) is 50.8 Å². The molecule has 0 aromatic carbocycles. The molecule has 0 bridgehead atoms. The molecular formula is C8H5N3O4. The second-order valence-electron chi connectivity index (χ2n) is 2.87. The molecule has 2 rings (SSSR count). The summed E-state index contributed by atoms with van der Waals surface area (Å²) in [6, 6.07) is 4.69. The maximum Gasteiger partial charge on any atom is 0.371 e. The lowest BCUT2D eigenvalue weighted by Gasteiger charge is -1.90. The molecule has 0 atom stereocenters. The Morgan fingerprint density at radius 3 is 2.47 bits per heavy atom. The molecule has 0 radical (unpaired) electrons. The van der Waals surface area contributed by atoms with Gasteiger partial charge in [0.05, 0.1) is 16.0 Å². The minimum absolute atomic E-state index is 0.217. The first-order valence-electron chi connectivity index (χ1n) is 3.99. The maximum atomic E-state index is 10.7. The molecule has 7 nitrogen and oxygen atoms in total. The summed E-state index contributed by atoms with van der Waals surface area (Å²) in [4.78, 5) is 19.8. The molecule has 0 aliphatic rings. The number of nitro groups is 2. The Morgan fingerprint density at radius 1 is 1.13 bits per heavy atom. The van der Waals surface area contributed by atoms with Crippen LogP contribution in [0.5, 0.6) is 0 Å². The summed E-state index contributed by atoms with van der Waals surface area (Å²) in [5.74, 6) is 0. The van der Waals surface area contributed by atoms with Crippen LogP contribution in [0, 0.1) is 20.2 Å². The quantitative estimate of drug-likeness (QED) is 0.554. The lowest BCUT2D eigenvalue weighted by atomic mass is 10.3. The summed E-state index contributed by atoms with van der Waals surface area (Å²) < 4.78 is 1.36. The standard InChI is InChI=1S/C8H5N3O4/c12-10(13)7-5-9-4-2-1-3-6(9)8(7)11(14)15/h1-5H. The van der Waals surface area contributed by atoms with E-state index in [0.29, 0.717) is 0 Å². The molecule has 0 aliphatic carbocycles. The number of nitrogens with zero attached hydrogens (tertiary/aromatic N) is 3. The highest BCUT2D eigenvalue weighted by Crippen LogP contribution is 2.32. The number of hydrogen-bond donors (Lipinski definition) is 0. The van der Waals surface area contributed by atoms with Crippen molar-refractivity contribution in [1.82, 2.24) is 4.40 Å². The highest BCUT2D eigenvalue weighted by molar-refractivity contribution is 5.75. The minimum Gasteiger partial charge on any atom is -0.311 e. The lowest BCUT2D eigenvalue weighted by molar-refractivity contribution is -0.420. The topological polar surface area (TPSA) is 90.7 Å². The van der Waals surface area contributed by atoms with Gasteiger partial charge in [-0.3, -0.25) is 20.2 Å². The second-order valence-corrected chi connectivity index (χ2v) is 2.87. The molecule has 0 amide bonds. The van der Waals surface area contributed by atoms with Crippen LogP contribution in [0.3, 0.4) is 0 Å². The molecule has 2 aromatic rings. The van der Waals surface area contributed by atoms with E-state index in [1.165, 1.54) is 16.7 Å². The van der Waals surface area contributed by atoms with Gasteiger partial charge in [-0.15, -0.1) is 0 Å². The van der Waals surface area contributed by atoms with Gasteiger partial charge in [-0.05, 0) is 12.1 Å². The lowest BCUT2D eigenvalue weighted by Crippen LogP contribution is -1.92. The van der Waals surface area contributed by atoms with Crippen LogP contribution in [0.25, 0.3) is 5.52 Å². The van der Waals surface area contributed by atoms with Gasteiger partial charge in [0.1, 0.15) is 5.52 Å². The largest absolute Gasteiger partial charge is 0.371 e. The van der Waals surface area contributed by atoms with Gasteiger partial charge in [0.25, 0.3) is 0 Å². The summed E-state index contributed by atoms with van der Waals surface area (Å²) in [6.07, 6.45) is 2.66. The van der Waals surface area contributed by atoms with Gasteiger partial charge in [-0.2, -0.15) is 0 Å². The van der Waals surface area contributed by atoms with E-state index < -0.39 is 21.2 Å². The average molecular weight is 207 g/mol. The van der Waals surface area contributed by atoms with Crippen LogP contribution < -0.4 is 0 Å². The number of aromatic nitrogens is 1. The average Bonchev–Trinajstić information content (AvgIpc) is 2.56. The van der Waals surface area contributed by atoms with Crippen molar-refractivity contribution in [2.75, 3.05) is 0 Å². The van der Waals surface area contributed by atoms with Crippen LogP contribution >= 0.6 is 0 Å². The Balaban J connectivity index is 2.86. The molecule has 15 heavy (non-hydrogen) atoms. The molecule has 2 aromatic heterocycles. The molecule has 2 heterocycles. The van der Waals surface area contributed by atoms with Gasteiger partial charge in [0.2, 0.25) is 0 Å². The molecule has 0 spiro atoms. The van der Waals surface area contributed by atoms with Gasteiger partial charge in [0, 0.05) is 6.20 Å². The Morgan fingerprint density at radius 2 is 1.87 bits per heavy atom. The van der Waals surface area contributed by atoms with E-state index in [1.54, 1.807) is 12.1 Å². The third-order valence-corrected chi connectivity index (χ3v) is 2.02. The predicted molar refractivity (Wildman–Crippen MR) is 50.7 cm³/mol. The molecular weight excluding hydrogens is 202 g/mol. The molecule has 0 aliphatic heterocycles. The monoisotopic (exact) mass is 207 g/mol. The Hall–Kier alpha value is -2.44. The summed E-state index contributed by atoms with van der Waals surface area (Å²) in [7, 11) is 0. The van der Waals surface area contributed by atoms with Crippen molar-refractivity contribution in [3.8, 4) is 0 Å². The van der Waals surface area contributed by atoms with Gasteiger partial charge in [0.15, 0.2) is 0 Å². The van der Waals surface area contributed by atoms with Gasteiger partial charge >= 0.3 is 11.4 Å². The number of hydrogen-bond acceptors (Lipinski definition) is 4. The van der Waals surface area contributed by atoms with E-state index in [0.717, 1.165) is 6.20 Å². The number of pyridine rings is 1. The van der Waals surface area contributed by atoms with Gasteiger partial charge < -0.3 is 4.40 Å². The van der Waals surface area contributed by atoms with Crippen LogP contribution in [-0.2, 0) is 0 Å². The zero-order valence-electron chi connectivity index (χ0n) is 7.36. The van der Waals surface area contributed by atoms with Crippen LogP contribution in [0.4, 0.5) is 11.4 Å². The van der Waals surface area contributed by atoms with Crippen molar-refractivity contribution >= 4 is 16.9 Å². The van der Waals surface area contributed by atoms with Crippen molar-refractivity contribution < 1.29 is 9.85 Å². The zero-order chi connectivity index (χ0) is 11.0. The number of rotatable bonds is 2. The van der Waals surface area contributed by atoms with E-state index in [9.17, 15) is 20.2 Å². The third kappa shape index (κ3) is 1.30. The van der Waals surface area contributed by atoms with Crippen LogP contribution in [0.2, 0.25) is 0 Å². The first-order chi connectivity index (χ1) is 7.11. The summed E-state index contributed by atoms with van der Waals surface area (Å²) in [6.45, 7) is 0. The predicted octanol–water partition coefficient (Wildman–Crippen LogP) is 1.76. The Kier molecular flexibility index (Phi) is 1.86. The molecule has 0 saturated carbocycles. The normalized spacial score (nSPS) is 10.4. The van der Waals surface area contributed by atoms with Crippen molar-refractivity contribution in [2.45, 2.75) is 0 Å². The fourth-order valence-electron chi connectivity index (χ4n) is 1.41. The first kappa shape index (κ1) is 9.13. The van der Waals surface area contributed by atoms with E-state index in [4.69, 9.17) is 0 Å². The first-order valence-corrected chi connectivity index (χ1v) is 3.99. The number of fused-ring (bicyclic) bond motifs is 1. The summed E-state index contributed by atoms with van der Waals surface area (Å²) >= 11 is 0. The van der Waals surface area contributed by atoms with Crippen molar-refractivity contribution in [3.63, 3.8) is 0 Å². The summed E-state index contributed by atoms with van der Waals surface area (Å²) in [5, 5.41) is 21.3. The third-order valence-electron chi connectivity index (χ3n) is 2.02.